The Morgan fingerprint density at radius 1 is 0.750 bits per heavy atom. The third-order valence-corrected chi connectivity index (χ3v) is 2.81. The van der Waals surface area contributed by atoms with Crippen molar-refractivity contribution in [2.24, 2.45) is 5.92 Å². The number of hydrogen-bond donors (Lipinski definition) is 0. The zero-order valence-electron chi connectivity index (χ0n) is 15.2. The molecule has 140 valence electrons. The molecule has 0 aliphatic heterocycles. The fraction of sp³-hybridized carbons (Fsp3) is 0.824. The molecule has 0 unspecified atom stereocenters. The van der Waals surface area contributed by atoms with Crippen LogP contribution in [0.4, 0.5) is 0 Å². The van der Waals surface area contributed by atoms with Crippen LogP contribution in [0.2, 0.25) is 0 Å². The van der Waals surface area contributed by atoms with Crippen LogP contribution < -0.4 is 0 Å². The van der Waals surface area contributed by atoms with Crippen molar-refractivity contribution in [3.63, 3.8) is 0 Å². The first-order chi connectivity index (χ1) is 11.3. The van der Waals surface area contributed by atoms with Crippen molar-refractivity contribution in [1.29, 1.82) is 0 Å². The van der Waals surface area contributed by atoms with Crippen LogP contribution in [-0.2, 0) is 33.3 Å². The van der Waals surface area contributed by atoms with Gasteiger partial charge in [-0.1, -0.05) is 13.8 Å². The fourth-order valence-corrected chi connectivity index (χ4v) is 1.62. The van der Waals surface area contributed by atoms with Gasteiger partial charge in [-0.2, -0.15) is 0 Å². The quantitative estimate of drug-likeness (QED) is 0.287. The largest absolute Gasteiger partial charge is 0.463 e. The summed E-state index contributed by atoms with van der Waals surface area (Å²) in [7, 11) is 0. The maximum absolute atomic E-state index is 11.5. The zero-order chi connectivity index (χ0) is 18.4. The van der Waals surface area contributed by atoms with Crippen molar-refractivity contribution in [2.75, 3.05) is 26.4 Å². The van der Waals surface area contributed by atoms with Gasteiger partial charge in [-0.05, 0) is 26.7 Å². The molecule has 7 heteroatoms. The standard InChI is InChI=1S/C17H30O7/c1-13(2)17(20)23-12-10-21-9-11-22-15(18)7-5-6-8-16(19)24-14(3)4/h13-14H,5-12H2,1-4H3. The number of carbonyl (C=O) groups is 3. The van der Waals surface area contributed by atoms with Crippen LogP contribution in [-0.4, -0.2) is 50.4 Å². The SMILES string of the molecule is CC(C)OC(=O)CCCCC(=O)OCCOCCOC(=O)C(C)C. The zero-order valence-corrected chi connectivity index (χ0v) is 15.2. The predicted octanol–water partition coefficient (Wildman–Crippen LogP) is 2.26. The lowest BCUT2D eigenvalue weighted by molar-refractivity contribution is -0.150. The molecule has 0 fully saturated rings. The molecule has 0 heterocycles. The Labute approximate surface area is 144 Å². The second kappa shape index (κ2) is 13.8. The molecule has 0 N–H and O–H groups in total. The van der Waals surface area contributed by atoms with Crippen LogP contribution in [0.15, 0.2) is 0 Å². The Morgan fingerprint density at radius 2 is 1.29 bits per heavy atom. The lowest BCUT2D eigenvalue weighted by Gasteiger charge is -2.09. The number of ether oxygens (including phenoxy) is 4. The Bertz CT molecular complexity index is 377. The highest BCUT2D eigenvalue weighted by Gasteiger charge is 2.08. The molecule has 0 aliphatic rings. The Balaban J connectivity index is 3.41. The molecule has 0 radical (unpaired) electrons. The summed E-state index contributed by atoms with van der Waals surface area (Å²) in [5.74, 6) is -0.979. The van der Waals surface area contributed by atoms with Gasteiger partial charge in [0, 0.05) is 12.8 Å². The minimum Gasteiger partial charge on any atom is -0.463 e. The van der Waals surface area contributed by atoms with Crippen LogP contribution in [0.25, 0.3) is 0 Å². The van der Waals surface area contributed by atoms with Gasteiger partial charge in [0.2, 0.25) is 0 Å². The summed E-state index contributed by atoms with van der Waals surface area (Å²) >= 11 is 0. The van der Waals surface area contributed by atoms with Gasteiger partial charge in [-0.3, -0.25) is 14.4 Å². The molecule has 0 bridgehead atoms. The van der Waals surface area contributed by atoms with E-state index >= 15 is 0 Å². The fourth-order valence-electron chi connectivity index (χ4n) is 1.62. The topological polar surface area (TPSA) is 88.1 Å². The summed E-state index contributed by atoms with van der Waals surface area (Å²) in [5, 5.41) is 0. The van der Waals surface area contributed by atoms with Gasteiger partial charge in [0.25, 0.3) is 0 Å². The average Bonchev–Trinajstić information content (AvgIpc) is 2.49. The van der Waals surface area contributed by atoms with Crippen molar-refractivity contribution in [1.82, 2.24) is 0 Å². The molecule has 0 aliphatic carbocycles. The molecule has 0 atom stereocenters. The Hall–Kier alpha value is -1.63. The van der Waals surface area contributed by atoms with E-state index < -0.39 is 0 Å². The van der Waals surface area contributed by atoms with Gasteiger partial charge >= 0.3 is 17.9 Å². The van der Waals surface area contributed by atoms with Crippen molar-refractivity contribution in [3.8, 4) is 0 Å². The second-order valence-electron chi connectivity index (χ2n) is 5.90. The lowest BCUT2D eigenvalue weighted by Crippen LogP contribution is -2.17. The number of unbranched alkanes of at least 4 members (excludes halogenated alkanes) is 1. The summed E-state index contributed by atoms with van der Waals surface area (Å²) in [6, 6.07) is 0. The molecule has 24 heavy (non-hydrogen) atoms. The van der Waals surface area contributed by atoms with Gasteiger partial charge in [-0.25, -0.2) is 0 Å². The lowest BCUT2D eigenvalue weighted by atomic mass is 10.2. The van der Waals surface area contributed by atoms with Crippen LogP contribution >= 0.6 is 0 Å². The Kier molecular flexibility index (Phi) is 12.8. The van der Waals surface area contributed by atoms with E-state index in [4.69, 9.17) is 18.9 Å². The molecular weight excluding hydrogens is 316 g/mol. The van der Waals surface area contributed by atoms with Gasteiger partial charge in [0.15, 0.2) is 0 Å². The van der Waals surface area contributed by atoms with Crippen LogP contribution in [0.5, 0.6) is 0 Å². The minimum absolute atomic E-state index is 0.114. The Morgan fingerprint density at radius 3 is 1.83 bits per heavy atom. The first-order valence-electron chi connectivity index (χ1n) is 8.42. The van der Waals surface area contributed by atoms with Crippen molar-refractivity contribution in [2.45, 2.75) is 59.5 Å². The van der Waals surface area contributed by atoms with E-state index in [1.54, 1.807) is 27.7 Å². The highest BCUT2D eigenvalue weighted by atomic mass is 16.6. The molecular formula is C17H30O7. The highest BCUT2D eigenvalue weighted by Crippen LogP contribution is 2.04. The smallest absolute Gasteiger partial charge is 0.308 e. The van der Waals surface area contributed by atoms with Gasteiger partial charge < -0.3 is 18.9 Å². The normalized spacial score (nSPS) is 10.8. The van der Waals surface area contributed by atoms with Gasteiger partial charge in [0.05, 0.1) is 25.2 Å². The van der Waals surface area contributed by atoms with Crippen molar-refractivity contribution >= 4 is 17.9 Å². The monoisotopic (exact) mass is 346 g/mol. The third-order valence-electron chi connectivity index (χ3n) is 2.81. The molecule has 0 amide bonds. The maximum Gasteiger partial charge on any atom is 0.308 e. The molecule has 0 saturated heterocycles. The van der Waals surface area contributed by atoms with E-state index in [0.29, 0.717) is 19.3 Å². The number of hydrogen-bond acceptors (Lipinski definition) is 7. The molecule has 0 aromatic heterocycles. The van der Waals surface area contributed by atoms with Crippen LogP contribution in [0.1, 0.15) is 53.4 Å². The van der Waals surface area contributed by atoms with E-state index in [0.717, 1.165) is 0 Å². The van der Waals surface area contributed by atoms with E-state index in [9.17, 15) is 14.4 Å². The summed E-state index contributed by atoms with van der Waals surface area (Å²) in [4.78, 5) is 33.9. The third kappa shape index (κ3) is 14.0. The van der Waals surface area contributed by atoms with Crippen molar-refractivity contribution < 1.29 is 33.3 Å². The highest BCUT2D eigenvalue weighted by molar-refractivity contribution is 5.71. The first kappa shape index (κ1) is 22.4. The summed E-state index contributed by atoms with van der Waals surface area (Å²) in [6.07, 6.45) is 1.64. The van der Waals surface area contributed by atoms with Gasteiger partial charge in [-0.15, -0.1) is 0 Å². The number of carbonyl (C=O) groups excluding carboxylic acids is 3. The molecule has 0 aromatic rings. The van der Waals surface area contributed by atoms with Crippen LogP contribution in [0, 0.1) is 5.92 Å². The summed E-state index contributed by atoms with van der Waals surface area (Å²) in [6.45, 7) is 7.99. The molecule has 0 aromatic carbocycles. The summed E-state index contributed by atoms with van der Waals surface area (Å²) < 4.78 is 20.1. The predicted molar refractivity (Wildman–Crippen MR) is 87.3 cm³/mol. The average molecular weight is 346 g/mol. The molecule has 0 saturated carbocycles. The number of rotatable bonds is 13. The minimum atomic E-state index is -0.318. The maximum atomic E-state index is 11.5. The first-order valence-corrected chi connectivity index (χ1v) is 8.42. The van der Waals surface area contributed by atoms with Gasteiger partial charge in [0.1, 0.15) is 13.2 Å². The molecule has 0 spiro atoms. The summed E-state index contributed by atoms with van der Waals surface area (Å²) in [5.41, 5.74) is 0. The number of esters is 3. The van der Waals surface area contributed by atoms with Crippen LogP contribution in [0.3, 0.4) is 0 Å². The van der Waals surface area contributed by atoms with E-state index in [-0.39, 0.29) is 62.8 Å². The van der Waals surface area contributed by atoms with E-state index in [1.807, 2.05) is 0 Å². The molecule has 0 rings (SSSR count). The second-order valence-corrected chi connectivity index (χ2v) is 5.90. The van der Waals surface area contributed by atoms with E-state index in [1.165, 1.54) is 0 Å². The van der Waals surface area contributed by atoms with Crippen molar-refractivity contribution in [3.05, 3.63) is 0 Å². The molecule has 7 nitrogen and oxygen atoms in total. The van der Waals surface area contributed by atoms with E-state index in [2.05, 4.69) is 0 Å².